The van der Waals surface area contributed by atoms with Crippen molar-refractivity contribution in [3.63, 3.8) is 0 Å². The van der Waals surface area contributed by atoms with E-state index in [2.05, 4.69) is 21.6 Å². The minimum atomic E-state index is -4.37. The van der Waals surface area contributed by atoms with Crippen LogP contribution in [0.25, 0.3) is 0 Å². The van der Waals surface area contributed by atoms with Crippen LogP contribution in [0.4, 0.5) is 13.2 Å². The molecule has 98 valence electrons. The van der Waals surface area contributed by atoms with Gasteiger partial charge in [-0.05, 0) is 6.07 Å². The zero-order valence-corrected chi connectivity index (χ0v) is 9.33. The number of pyridine rings is 1. The van der Waals surface area contributed by atoms with Crippen LogP contribution in [0.3, 0.4) is 0 Å². The first kappa shape index (κ1) is 14.3. The van der Waals surface area contributed by atoms with E-state index in [-0.39, 0.29) is 12.3 Å². The molecular formula is C11H11F3N2O2. The molecule has 1 aromatic rings. The van der Waals surface area contributed by atoms with E-state index in [1.807, 2.05) is 0 Å². The third-order valence-electron chi connectivity index (χ3n) is 1.62. The molecule has 1 heterocycles. The highest BCUT2D eigenvalue weighted by atomic mass is 19.4. The van der Waals surface area contributed by atoms with Gasteiger partial charge in [-0.3, -0.25) is 4.98 Å². The van der Waals surface area contributed by atoms with E-state index in [0.29, 0.717) is 5.56 Å². The lowest BCUT2D eigenvalue weighted by Gasteiger charge is -2.08. The van der Waals surface area contributed by atoms with Gasteiger partial charge in [-0.25, -0.2) is 0 Å². The Balaban J connectivity index is 2.43. The summed E-state index contributed by atoms with van der Waals surface area (Å²) in [5.41, 5.74) is 5.77. The van der Waals surface area contributed by atoms with E-state index in [9.17, 15) is 13.2 Å². The fourth-order valence-corrected chi connectivity index (χ4v) is 0.986. The molecule has 0 bridgehead atoms. The fourth-order valence-electron chi connectivity index (χ4n) is 0.986. The van der Waals surface area contributed by atoms with Gasteiger partial charge < -0.3 is 15.2 Å². The summed E-state index contributed by atoms with van der Waals surface area (Å²) in [7, 11) is 0. The molecule has 0 saturated carbocycles. The summed E-state index contributed by atoms with van der Waals surface area (Å²) in [4.78, 5) is 3.82. The predicted octanol–water partition coefficient (Wildman–Crippen LogP) is 1.31. The van der Waals surface area contributed by atoms with Crippen LogP contribution in [0, 0.1) is 11.8 Å². The number of nitrogens with zero attached hydrogens (tertiary/aromatic N) is 1. The Kier molecular flexibility index (Phi) is 5.42. The first-order valence-corrected chi connectivity index (χ1v) is 4.92. The monoisotopic (exact) mass is 260 g/mol. The van der Waals surface area contributed by atoms with Crippen molar-refractivity contribution in [3.05, 3.63) is 24.0 Å². The summed E-state index contributed by atoms with van der Waals surface area (Å²) in [6.45, 7) is -1.65. The number of hydrogen-bond acceptors (Lipinski definition) is 4. The molecule has 4 nitrogen and oxygen atoms in total. The smallest absolute Gasteiger partial charge is 0.411 e. The van der Waals surface area contributed by atoms with E-state index in [0.717, 1.165) is 0 Å². The Hall–Kier alpha value is -1.78. The minimum Gasteiger partial charge on any atom is -0.466 e. The van der Waals surface area contributed by atoms with Crippen molar-refractivity contribution in [2.45, 2.75) is 6.18 Å². The van der Waals surface area contributed by atoms with E-state index >= 15 is 0 Å². The molecule has 0 amide bonds. The minimum absolute atomic E-state index is 0.208. The van der Waals surface area contributed by atoms with Crippen LogP contribution in [0.2, 0.25) is 0 Å². The number of rotatable bonds is 4. The van der Waals surface area contributed by atoms with E-state index in [1.54, 1.807) is 0 Å². The average Bonchev–Trinajstić information content (AvgIpc) is 2.31. The topological polar surface area (TPSA) is 57.4 Å². The van der Waals surface area contributed by atoms with Gasteiger partial charge in [0.05, 0.1) is 12.7 Å². The molecular weight excluding hydrogens is 249 g/mol. The molecule has 0 aromatic carbocycles. The van der Waals surface area contributed by atoms with Crippen LogP contribution in [0.1, 0.15) is 5.56 Å². The summed E-state index contributed by atoms with van der Waals surface area (Å²) in [5, 5.41) is 0. The Morgan fingerprint density at radius 1 is 1.33 bits per heavy atom. The Morgan fingerprint density at radius 3 is 2.78 bits per heavy atom. The van der Waals surface area contributed by atoms with Gasteiger partial charge in [0.15, 0.2) is 6.79 Å². The van der Waals surface area contributed by atoms with E-state index in [4.69, 9.17) is 10.5 Å². The lowest BCUT2D eigenvalue weighted by atomic mass is 10.3. The van der Waals surface area contributed by atoms with Gasteiger partial charge in [-0.1, -0.05) is 11.8 Å². The second kappa shape index (κ2) is 6.83. The SMILES string of the molecule is NCC#Cc1cncc(OCOCC(F)(F)F)c1. The Bertz CT molecular complexity index is 438. The highest BCUT2D eigenvalue weighted by molar-refractivity contribution is 5.36. The molecule has 0 aliphatic carbocycles. The van der Waals surface area contributed by atoms with Crippen LogP contribution < -0.4 is 10.5 Å². The predicted molar refractivity (Wildman–Crippen MR) is 57.7 cm³/mol. The Morgan fingerprint density at radius 2 is 2.11 bits per heavy atom. The molecule has 0 saturated heterocycles. The molecule has 0 atom stereocenters. The molecule has 2 N–H and O–H groups in total. The molecule has 0 unspecified atom stereocenters. The van der Waals surface area contributed by atoms with E-state index < -0.39 is 19.6 Å². The molecule has 0 radical (unpaired) electrons. The normalized spacial score (nSPS) is 10.7. The van der Waals surface area contributed by atoms with E-state index in [1.165, 1.54) is 18.5 Å². The van der Waals surface area contributed by atoms with Gasteiger partial charge >= 0.3 is 6.18 Å². The van der Waals surface area contributed by atoms with Crippen molar-refractivity contribution in [1.82, 2.24) is 4.98 Å². The number of hydrogen-bond donors (Lipinski definition) is 1. The number of aromatic nitrogens is 1. The zero-order chi connectivity index (χ0) is 13.4. The van der Waals surface area contributed by atoms with Gasteiger partial charge in [-0.2, -0.15) is 13.2 Å². The lowest BCUT2D eigenvalue weighted by molar-refractivity contribution is -0.186. The van der Waals surface area contributed by atoms with Crippen molar-refractivity contribution in [1.29, 1.82) is 0 Å². The number of alkyl halides is 3. The second-order valence-electron chi connectivity index (χ2n) is 3.14. The molecule has 1 rings (SSSR count). The van der Waals surface area contributed by atoms with Gasteiger partial charge in [0.1, 0.15) is 12.4 Å². The van der Waals surface area contributed by atoms with Crippen LogP contribution in [0.15, 0.2) is 18.5 Å². The first-order chi connectivity index (χ1) is 8.51. The van der Waals surface area contributed by atoms with Crippen LogP contribution in [-0.4, -0.2) is 31.1 Å². The standard InChI is InChI=1S/C11H11F3N2O2/c12-11(13,14)7-17-8-18-10-4-9(2-1-3-15)5-16-6-10/h4-6H,3,7-8,15H2. The first-order valence-electron chi connectivity index (χ1n) is 4.92. The summed E-state index contributed by atoms with van der Waals surface area (Å²) in [5.74, 6) is 5.62. The van der Waals surface area contributed by atoms with Crippen LogP contribution in [-0.2, 0) is 4.74 Å². The molecule has 0 fully saturated rings. The van der Waals surface area contributed by atoms with Crippen LogP contribution >= 0.6 is 0 Å². The highest BCUT2D eigenvalue weighted by Gasteiger charge is 2.27. The van der Waals surface area contributed by atoms with Crippen molar-refractivity contribution < 1.29 is 22.6 Å². The van der Waals surface area contributed by atoms with Gasteiger partial charge in [0.2, 0.25) is 0 Å². The zero-order valence-electron chi connectivity index (χ0n) is 9.33. The molecule has 0 aliphatic rings. The molecule has 0 aliphatic heterocycles. The summed E-state index contributed by atoms with van der Waals surface area (Å²) < 4.78 is 44.5. The second-order valence-corrected chi connectivity index (χ2v) is 3.14. The lowest BCUT2D eigenvalue weighted by Crippen LogP contribution is -2.19. The molecule has 7 heteroatoms. The number of nitrogens with two attached hydrogens (primary N) is 1. The number of ether oxygens (including phenoxy) is 2. The average molecular weight is 260 g/mol. The van der Waals surface area contributed by atoms with Crippen LogP contribution in [0.5, 0.6) is 5.75 Å². The number of halogens is 3. The third-order valence-corrected chi connectivity index (χ3v) is 1.62. The summed E-state index contributed by atoms with van der Waals surface area (Å²) in [6.07, 6.45) is -1.52. The van der Waals surface area contributed by atoms with Gasteiger partial charge in [-0.15, -0.1) is 0 Å². The van der Waals surface area contributed by atoms with Crippen molar-refractivity contribution in [2.24, 2.45) is 5.73 Å². The summed E-state index contributed by atoms with van der Waals surface area (Å²) in [6, 6.07) is 1.53. The maximum atomic E-state index is 11.8. The van der Waals surface area contributed by atoms with Crippen molar-refractivity contribution in [2.75, 3.05) is 19.9 Å². The maximum absolute atomic E-state index is 11.8. The third kappa shape index (κ3) is 6.08. The van der Waals surface area contributed by atoms with Crippen molar-refractivity contribution >= 4 is 0 Å². The van der Waals surface area contributed by atoms with Gasteiger partial charge in [0, 0.05) is 11.8 Å². The highest BCUT2D eigenvalue weighted by Crippen LogP contribution is 2.15. The van der Waals surface area contributed by atoms with Crippen molar-refractivity contribution in [3.8, 4) is 17.6 Å². The molecule has 1 aromatic heterocycles. The quantitative estimate of drug-likeness (QED) is 0.504. The molecule has 0 spiro atoms. The van der Waals surface area contributed by atoms with Gasteiger partial charge in [0.25, 0.3) is 0 Å². The summed E-state index contributed by atoms with van der Waals surface area (Å²) >= 11 is 0. The maximum Gasteiger partial charge on any atom is 0.411 e. The largest absolute Gasteiger partial charge is 0.466 e. The fraction of sp³-hybridized carbons (Fsp3) is 0.364. The molecule has 18 heavy (non-hydrogen) atoms. The Labute approximate surface area is 102 Å².